The number of nitrogens with one attached hydrogen (secondary N) is 1. The van der Waals surface area contributed by atoms with Crippen molar-refractivity contribution < 1.29 is 0 Å². The molecule has 4 heterocycles. The van der Waals surface area contributed by atoms with Crippen molar-refractivity contribution in [2.45, 2.75) is 13.5 Å². The van der Waals surface area contributed by atoms with Gasteiger partial charge in [0.05, 0.1) is 11.7 Å². The number of hydrogen-bond acceptors (Lipinski definition) is 2. The van der Waals surface area contributed by atoms with E-state index in [2.05, 4.69) is 44.8 Å². The van der Waals surface area contributed by atoms with Crippen LogP contribution in [0.4, 0.5) is 0 Å². The molecule has 0 bridgehead atoms. The molecule has 0 aliphatic rings. The van der Waals surface area contributed by atoms with Gasteiger partial charge in [-0.2, -0.15) is 0 Å². The zero-order chi connectivity index (χ0) is 13.5. The van der Waals surface area contributed by atoms with E-state index in [1.165, 1.54) is 21.9 Å². The van der Waals surface area contributed by atoms with Gasteiger partial charge in [0.1, 0.15) is 5.65 Å². The third-order valence-electron chi connectivity index (χ3n) is 3.82. The maximum absolute atomic E-state index is 4.42. The second-order valence-electron chi connectivity index (χ2n) is 5.04. The standard InChI is InChI=1S/C16H14N4/c1-11-8-19-16-13(3-6-18-16)14(11)10-20-7-4-12-2-5-17-9-15(12)20/h2-9H,10H2,1H3,(H,18,19). The molecule has 0 aliphatic carbocycles. The Labute approximate surface area is 116 Å². The molecule has 0 atom stereocenters. The highest BCUT2D eigenvalue weighted by atomic mass is 15.0. The molecule has 4 heteroatoms. The number of hydrogen-bond donors (Lipinski definition) is 1. The van der Waals surface area contributed by atoms with Crippen molar-refractivity contribution in [1.82, 2.24) is 19.5 Å². The maximum Gasteiger partial charge on any atom is 0.137 e. The Morgan fingerprint density at radius 1 is 1.20 bits per heavy atom. The third-order valence-corrected chi connectivity index (χ3v) is 3.82. The molecule has 4 aromatic rings. The summed E-state index contributed by atoms with van der Waals surface area (Å²) in [4.78, 5) is 11.8. The summed E-state index contributed by atoms with van der Waals surface area (Å²) in [6.07, 6.45) is 9.73. The van der Waals surface area contributed by atoms with Crippen molar-refractivity contribution >= 4 is 21.9 Å². The zero-order valence-electron chi connectivity index (χ0n) is 11.2. The van der Waals surface area contributed by atoms with E-state index in [1.807, 2.05) is 30.9 Å². The minimum absolute atomic E-state index is 0.831. The smallest absolute Gasteiger partial charge is 0.137 e. The minimum atomic E-state index is 0.831. The number of nitrogens with zero attached hydrogens (tertiary/aromatic N) is 3. The first-order valence-corrected chi connectivity index (χ1v) is 6.63. The molecule has 0 amide bonds. The highest BCUT2D eigenvalue weighted by molar-refractivity contribution is 5.82. The summed E-state index contributed by atoms with van der Waals surface area (Å²) >= 11 is 0. The monoisotopic (exact) mass is 262 g/mol. The molecule has 0 aromatic carbocycles. The Kier molecular flexibility index (Phi) is 2.36. The van der Waals surface area contributed by atoms with E-state index in [9.17, 15) is 0 Å². The molecule has 20 heavy (non-hydrogen) atoms. The molecule has 0 saturated heterocycles. The van der Waals surface area contributed by atoms with E-state index in [0.717, 1.165) is 17.7 Å². The lowest BCUT2D eigenvalue weighted by molar-refractivity contribution is 0.833. The molecule has 0 fully saturated rings. The predicted molar refractivity (Wildman–Crippen MR) is 79.7 cm³/mol. The zero-order valence-corrected chi connectivity index (χ0v) is 11.2. The van der Waals surface area contributed by atoms with Crippen LogP contribution in [0, 0.1) is 6.92 Å². The van der Waals surface area contributed by atoms with Crippen molar-refractivity contribution in [2.24, 2.45) is 0 Å². The van der Waals surface area contributed by atoms with Crippen LogP contribution in [0.3, 0.4) is 0 Å². The van der Waals surface area contributed by atoms with Crippen LogP contribution in [0.1, 0.15) is 11.1 Å². The van der Waals surface area contributed by atoms with Crippen LogP contribution in [0.5, 0.6) is 0 Å². The number of aromatic amines is 1. The van der Waals surface area contributed by atoms with Gasteiger partial charge in [0.25, 0.3) is 0 Å². The summed E-state index contributed by atoms with van der Waals surface area (Å²) in [5.41, 5.74) is 4.62. The number of aryl methyl sites for hydroxylation is 1. The van der Waals surface area contributed by atoms with Crippen LogP contribution >= 0.6 is 0 Å². The maximum atomic E-state index is 4.42. The average Bonchev–Trinajstić information content (AvgIpc) is 3.09. The Morgan fingerprint density at radius 2 is 2.15 bits per heavy atom. The lowest BCUT2D eigenvalue weighted by atomic mass is 10.1. The Hall–Kier alpha value is -2.62. The summed E-state index contributed by atoms with van der Waals surface area (Å²) in [7, 11) is 0. The van der Waals surface area contributed by atoms with Crippen molar-refractivity contribution in [1.29, 1.82) is 0 Å². The third kappa shape index (κ3) is 1.61. The quantitative estimate of drug-likeness (QED) is 0.602. The van der Waals surface area contributed by atoms with Gasteiger partial charge in [-0.25, -0.2) is 4.98 Å². The van der Waals surface area contributed by atoms with E-state index in [1.54, 1.807) is 0 Å². The van der Waals surface area contributed by atoms with E-state index in [4.69, 9.17) is 0 Å². The molecule has 0 saturated carbocycles. The number of fused-ring (bicyclic) bond motifs is 2. The van der Waals surface area contributed by atoms with Crippen LogP contribution < -0.4 is 0 Å². The first-order valence-electron chi connectivity index (χ1n) is 6.63. The van der Waals surface area contributed by atoms with Gasteiger partial charge in [-0.1, -0.05) is 0 Å². The first kappa shape index (κ1) is 11.2. The molecule has 1 N–H and O–H groups in total. The van der Waals surface area contributed by atoms with Gasteiger partial charge < -0.3 is 9.55 Å². The summed E-state index contributed by atoms with van der Waals surface area (Å²) in [5.74, 6) is 0. The molecule has 0 spiro atoms. The highest BCUT2D eigenvalue weighted by Crippen LogP contribution is 2.22. The number of rotatable bonds is 2. The Morgan fingerprint density at radius 3 is 3.10 bits per heavy atom. The topological polar surface area (TPSA) is 46.5 Å². The summed E-state index contributed by atoms with van der Waals surface area (Å²) < 4.78 is 2.23. The number of H-pyrrole nitrogens is 1. The van der Waals surface area contributed by atoms with Gasteiger partial charge in [0.2, 0.25) is 0 Å². The van der Waals surface area contributed by atoms with Gasteiger partial charge in [-0.3, -0.25) is 4.98 Å². The Bertz CT molecular complexity index is 901. The molecule has 0 unspecified atom stereocenters. The summed E-state index contributed by atoms with van der Waals surface area (Å²) in [6, 6.07) is 6.26. The number of aromatic nitrogens is 4. The molecule has 4 rings (SSSR count). The van der Waals surface area contributed by atoms with Gasteiger partial charge >= 0.3 is 0 Å². The Balaban J connectivity index is 1.88. The van der Waals surface area contributed by atoms with E-state index < -0.39 is 0 Å². The van der Waals surface area contributed by atoms with Gasteiger partial charge in [0.15, 0.2) is 0 Å². The SMILES string of the molecule is Cc1cnc2[nH]ccc2c1Cn1ccc2ccncc21. The van der Waals surface area contributed by atoms with Crippen LogP contribution in [0.25, 0.3) is 21.9 Å². The molecule has 98 valence electrons. The predicted octanol–water partition coefficient (Wildman–Crippen LogP) is 3.27. The molecule has 4 nitrogen and oxygen atoms in total. The van der Waals surface area contributed by atoms with Gasteiger partial charge in [-0.15, -0.1) is 0 Å². The van der Waals surface area contributed by atoms with Crippen molar-refractivity contribution in [3.05, 3.63) is 60.3 Å². The fraction of sp³-hybridized carbons (Fsp3) is 0.125. The summed E-state index contributed by atoms with van der Waals surface area (Å²) in [6.45, 7) is 2.94. The fourth-order valence-electron chi connectivity index (χ4n) is 2.71. The molecular weight excluding hydrogens is 248 g/mol. The van der Waals surface area contributed by atoms with Crippen LogP contribution in [0.15, 0.2) is 49.2 Å². The normalized spacial score (nSPS) is 11.4. The van der Waals surface area contributed by atoms with Gasteiger partial charge in [-0.05, 0) is 36.2 Å². The van der Waals surface area contributed by atoms with E-state index in [-0.39, 0.29) is 0 Å². The first-order chi connectivity index (χ1) is 9.83. The lowest BCUT2D eigenvalue weighted by Crippen LogP contribution is -2.01. The van der Waals surface area contributed by atoms with E-state index >= 15 is 0 Å². The van der Waals surface area contributed by atoms with Crippen LogP contribution in [-0.2, 0) is 6.54 Å². The average molecular weight is 262 g/mol. The fourth-order valence-corrected chi connectivity index (χ4v) is 2.71. The highest BCUT2D eigenvalue weighted by Gasteiger charge is 2.09. The van der Waals surface area contributed by atoms with Crippen molar-refractivity contribution in [3.8, 4) is 0 Å². The molecular formula is C16H14N4. The molecule has 0 aliphatic heterocycles. The van der Waals surface area contributed by atoms with Crippen LogP contribution in [0.2, 0.25) is 0 Å². The second-order valence-corrected chi connectivity index (χ2v) is 5.04. The summed E-state index contributed by atoms with van der Waals surface area (Å²) in [5, 5.41) is 2.41. The lowest BCUT2D eigenvalue weighted by Gasteiger charge is -2.09. The number of pyridine rings is 2. The van der Waals surface area contributed by atoms with E-state index in [0.29, 0.717) is 0 Å². The minimum Gasteiger partial charge on any atom is -0.346 e. The van der Waals surface area contributed by atoms with Crippen molar-refractivity contribution in [2.75, 3.05) is 0 Å². The van der Waals surface area contributed by atoms with Gasteiger partial charge in [0, 0.05) is 42.1 Å². The molecule has 4 aromatic heterocycles. The largest absolute Gasteiger partial charge is 0.346 e. The van der Waals surface area contributed by atoms with Crippen molar-refractivity contribution in [3.63, 3.8) is 0 Å². The molecule has 0 radical (unpaired) electrons. The van der Waals surface area contributed by atoms with Crippen LogP contribution in [-0.4, -0.2) is 19.5 Å². The second kappa shape index (κ2) is 4.20.